The number of alkyl halides is 1. The molecule has 3 aliphatic rings. The fraction of sp³-hybridized carbons (Fsp3) is 0.433. The van der Waals surface area contributed by atoms with Crippen molar-refractivity contribution in [2.75, 3.05) is 25.5 Å². The molecule has 2 aliphatic carbocycles. The summed E-state index contributed by atoms with van der Waals surface area (Å²) in [6.45, 7) is 15.2. The zero-order chi connectivity index (χ0) is 29.8. The molecule has 2 saturated carbocycles. The molecule has 1 aliphatic heterocycles. The summed E-state index contributed by atoms with van der Waals surface area (Å²) in [5.41, 5.74) is 6.84. The van der Waals surface area contributed by atoms with Crippen molar-refractivity contribution in [3.05, 3.63) is 105 Å². The molecule has 0 bridgehead atoms. The zero-order valence-corrected chi connectivity index (χ0v) is 23.9. The Morgan fingerprint density at radius 2 is 1.52 bits per heavy atom. The van der Waals surface area contributed by atoms with Crippen molar-refractivity contribution in [1.82, 2.24) is 4.90 Å². The van der Waals surface area contributed by atoms with E-state index in [0.29, 0.717) is 37.4 Å². The highest BCUT2D eigenvalue weighted by atomic mass is 35.5. The second-order valence-corrected chi connectivity index (χ2v) is 11.2. The van der Waals surface area contributed by atoms with E-state index in [4.69, 9.17) is 17.3 Å². The Hall–Kier alpha value is -3.56. The van der Waals surface area contributed by atoms with Gasteiger partial charge >= 0.3 is 0 Å². The fourth-order valence-corrected chi connectivity index (χ4v) is 6.67. The molecule has 3 fully saturated rings. The van der Waals surface area contributed by atoms with Crippen LogP contribution in [0.1, 0.15) is 31.9 Å². The first-order valence-corrected chi connectivity index (χ1v) is 13.7. The third-order valence-corrected chi connectivity index (χ3v) is 9.29. The number of amides is 1. The highest BCUT2D eigenvalue weighted by Crippen LogP contribution is 2.64. The van der Waals surface area contributed by atoms with Gasteiger partial charge < -0.3 is 10.6 Å². The maximum Gasteiger partial charge on any atom is 0.269 e. The Labute approximate surface area is 240 Å². The molecule has 1 amide bonds. The number of nitro groups is 2. The molecule has 1 saturated heterocycles. The number of piperidine rings is 1. The van der Waals surface area contributed by atoms with Crippen LogP contribution >= 0.6 is 11.6 Å². The Morgan fingerprint density at radius 1 is 1.02 bits per heavy atom. The fourth-order valence-electron chi connectivity index (χ4n) is 6.08. The summed E-state index contributed by atoms with van der Waals surface area (Å²) < 4.78 is 0. The van der Waals surface area contributed by atoms with Gasteiger partial charge in [0.15, 0.2) is 0 Å². The Kier molecular flexibility index (Phi) is 9.53. The number of carbonyl (C=O) groups is 1. The standard InChI is InChI=1S/C15H16N2O3.C12H14ClNO2.C3H7N/c1-3-7-16-9-12-13(14(16)18)15(12,2)10-5-4-6-11(8-10)17(19)20;1-8-11(7-13)12(8,2)9-4-3-5-10(6-9)14(15)16;1-2-3-4/h3-6,8,12-13H,1,7,9H2,2H3;3-6,8,11H,7H2,1-2H3;2H,1,3-4H2. The molecule has 2 aromatic carbocycles. The number of benzene rings is 2. The normalized spacial score (nSPS) is 29.1. The molecule has 214 valence electrons. The lowest BCUT2D eigenvalue weighted by atomic mass is 9.92. The van der Waals surface area contributed by atoms with Gasteiger partial charge in [0, 0.05) is 55.2 Å². The Balaban J connectivity index is 0.000000199. The van der Waals surface area contributed by atoms with Crippen LogP contribution in [0.3, 0.4) is 0 Å². The van der Waals surface area contributed by atoms with Crippen LogP contribution in [0.4, 0.5) is 11.4 Å². The second-order valence-electron chi connectivity index (χ2n) is 10.9. The van der Waals surface area contributed by atoms with Crippen molar-refractivity contribution >= 4 is 28.9 Å². The maximum absolute atomic E-state index is 12.3. The molecule has 2 aromatic rings. The lowest BCUT2D eigenvalue weighted by Gasteiger charge is -2.23. The van der Waals surface area contributed by atoms with Gasteiger partial charge in [-0.15, -0.1) is 24.8 Å². The number of nitrogens with two attached hydrogens (primary N) is 1. The monoisotopic (exact) mass is 568 g/mol. The number of hydrogen-bond donors (Lipinski definition) is 1. The van der Waals surface area contributed by atoms with E-state index < -0.39 is 4.92 Å². The van der Waals surface area contributed by atoms with E-state index in [-0.39, 0.29) is 44.9 Å². The number of hydrogen-bond acceptors (Lipinski definition) is 6. The van der Waals surface area contributed by atoms with Crippen LogP contribution in [0, 0.1) is 43.9 Å². The van der Waals surface area contributed by atoms with E-state index in [0.717, 1.165) is 11.1 Å². The summed E-state index contributed by atoms with van der Waals surface area (Å²) in [6.07, 6.45) is 3.38. The van der Waals surface area contributed by atoms with E-state index in [2.05, 4.69) is 27.0 Å². The smallest absolute Gasteiger partial charge is 0.269 e. The number of rotatable bonds is 8. The van der Waals surface area contributed by atoms with Gasteiger partial charge in [-0.25, -0.2) is 0 Å². The summed E-state index contributed by atoms with van der Waals surface area (Å²) in [7, 11) is 0. The number of carbonyl (C=O) groups excluding carboxylic acids is 1. The average molecular weight is 569 g/mol. The predicted molar refractivity (Wildman–Crippen MR) is 157 cm³/mol. The summed E-state index contributed by atoms with van der Waals surface area (Å²) in [5.74, 6) is 1.90. The largest absolute Gasteiger partial charge is 0.338 e. The first kappa shape index (κ1) is 31.0. The lowest BCUT2D eigenvalue weighted by molar-refractivity contribution is -0.385. The minimum absolute atomic E-state index is 0.00771. The molecule has 5 rings (SSSR count). The minimum atomic E-state index is -0.392. The van der Waals surface area contributed by atoms with Crippen LogP contribution in [0.2, 0.25) is 0 Å². The molecule has 2 N–H and O–H groups in total. The van der Waals surface area contributed by atoms with Gasteiger partial charge in [0.25, 0.3) is 11.4 Å². The molecule has 6 atom stereocenters. The van der Waals surface area contributed by atoms with E-state index in [1.165, 1.54) is 12.1 Å². The topological polar surface area (TPSA) is 133 Å². The number of nitrogens with zero attached hydrogens (tertiary/aromatic N) is 3. The number of non-ortho nitro benzene ring substituents is 2. The van der Waals surface area contributed by atoms with Crippen LogP contribution in [-0.2, 0) is 15.6 Å². The van der Waals surface area contributed by atoms with Crippen molar-refractivity contribution in [3.63, 3.8) is 0 Å². The predicted octanol–water partition coefficient (Wildman–Crippen LogP) is 5.62. The molecule has 40 heavy (non-hydrogen) atoms. The van der Waals surface area contributed by atoms with Gasteiger partial charge in [0.2, 0.25) is 5.91 Å². The molecular formula is C30H37ClN4O5. The van der Waals surface area contributed by atoms with Gasteiger partial charge in [-0.2, -0.15) is 0 Å². The summed E-state index contributed by atoms with van der Waals surface area (Å²) in [6, 6.07) is 13.6. The van der Waals surface area contributed by atoms with Crippen LogP contribution in [0.5, 0.6) is 0 Å². The number of likely N-dealkylation sites (tertiary alicyclic amines) is 1. The molecular weight excluding hydrogens is 532 g/mol. The highest BCUT2D eigenvalue weighted by molar-refractivity contribution is 6.18. The van der Waals surface area contributed by atoms with Crippen molar-refractivity contribution in [2.24, 2.45) is 29.4 Å². The number of halogens is 1. The molecule has 6 unspecified atom stereocenters. The molecule has 0 spiro atoms. The third-order valence-electron chi connectivity index (χ3n) is 8.96. The molecule has 1 heterocycles. The van der Waals surface area contributed by atoms with Gasteiger partial charge in [-0.05, 0) is 34.3 Å². The van der Waals surface area contributed by atoms with E-state index in [9.17, 15) is 25.0 Å². The first-order chi connectivity index (χ1) is 18.9. The second kappa shape index (κ2) is 12.3. The average Bonchev–Trinajstić information content (AvgIpc) is 3.68. The van der Waals surface area contributed by atoms with Gasteiger partial charge in [0.05, 0.1) is 15.8 Å². The zero-order valence-electron chi connectivity index (χ0n) is 23.2. The van der Waals surface area contributed by atoms with Crippen molar-refractivity contribution < 1.29 is 14.6 Å². The van der Waals surface area contributed by atoms with Crippen LogP contribution < -0.4 is 5.73 Å². The van der Waals surface area contributed by atoms with E-state index in [1.807, 2.05) is 19.1 Å². The van der Waals surface area contributed by atoms with Crippen LogP contribution in [-0.4, -0.2) is 46.2 Å². The van der Waals surface area contributed by atoms with Gasteiger partial charge in [-0.3, -0.25) is 25.0 Å². The van der Waals surface area contributed by atoms with Crippen LogP contribution in [0.15, 0.2) is 73.8 Å². The third kappa shape index (κ3) is 5.67. The molecule has 0 aromatic heterocycles. The van der Waals surface area contributed by atoms with Crippen molar-refractivity contribution in [2.45, 2.75) is 31.6 Å². The summed E-state index contributed by atoms with van der Waals surface area (Å²) in [4.78, 5) is 34.9. The quantitative estimate of drug-likeness (QED) is 0.190. The van der Waals surface area contributed by atoms with Crippen molar-refractivity contribution in [3.8, 4) is 0 Å². The SMILES string of the molecule is C=CCN.C=CCN1CC2C(C1=O)C2(C)c1cccc([N+](=O)[O-])c1.CC1C(CCl)C1(C)c1cccc([N+](=O)[O-])c1. The Morgan fingerprint density at radius 3 is 1.88 bits per heavy atom. The Bertz CT molecular complexity index is 1300. The van der Waals surface area contributed by atoms with E-state index in [1.54, 1.807) is 41.3 Å². The van der Waals surface area contributed by atoms with Gasteiger partial charge in [0.1, 0.15) is 0 Å². The van der Waals surface area contributed by atoms with E-state index >= 15 is 0 Å². The molecule has 10 heteroatoms. The van der Waals surface area contributed by atoms with Crippen molar-refractivity contribution in [1.29, 1.82) is 0 Å². The summed E-state index contributed by atoms with van der Waals surface area (Å²) in [5, 5.41) is 21.6. The molecule has 0 radical (unpaired) electrons. The first-order valence-electron chi connectivity index (χ1n) is 13.2. The van der Waals surface area contributed by atoms with Gasteiger partial charge in [-0.1, -0.05) is 57.2 Å². The lowest BCUT2D eigenvalue weighted by Crippen LogP contribution is -2.33. The highest BCUT2D eigenvalue weighted by Gasteiger charge is 2.70. The number of nitro benzene ring substituents is 2. The molecule has 9 nitrogen and oxygen atoms in total. The maximum atomic E-state index is 12.3. The number of fused-ring (bicyclic) bond motifs is 1. The minimum Gasteiger partial charge on any atom is -0.338 e. The van der Waals surface area contributed by atoms with Crippen LogP contribution in [0.25, 0.3) is 0 Å². The summed E-state index contributed by atoms with van der Waals surface area (Å²) >= 11 is 5.90.